The second-order valence-electron chi connectivity index (χ2n) is 2.68. The highest BCUT2D eigenvalue weighted by molar-refractivity contribution is 6.32. The van der Waals surface area contributed by atoms with Crippen molar-refractivity contribution in [3.05, 3.63) is 28.8 Å². The van der Waals surface area contributed by atoms with Gasteiger partial charge in [-0.05, 0) is 6.07 Å². The number of rotatable bonds is 3. The minimum absolute atomic E-state index is 0.309. The number of aliphatic carboxylic acids is 1. The fraction of sp³-hybridized carbons (Fsp3) is 0.222. The molecule has 0 aromatic heterocycles. The standard InChI is InChI=1S/C9H10ClNO3/c1-14-8-5(7(11)9(12)13)3-2-4-6(8)10/h2-4,7H,11H2,1H3,(H,12,13)/t7-/m1/s1. The maximum atomic E-state index is 10.7. The normalized spacial score (nSPS) is 12.2. The summed E-state index contributed by atoms with van der Waals surface area (Å²) in [6.45, 7) is 0. The van der Waals surface area contributed by atoms with Gasteiger partial charge in [-0.25, -0.2) is 0 Å². The summed E-state index contributed by atoms with van der Waals surface area (Å²) in [5.41, 5.74) is 5.81. The van der Waals surface area contributed by atoms with Crippen LogP contribution in [0.1, 0.15) is 11.6 Å². The first-order chi connectivity index (χ1) is 6.57. The number of para-hydroxylation sites is 1. The molecule has 0 aliphatic carbocycles. The first kappa shape index (κ1) is 10.8. The summed E-state index contributed by atoms with van der Waals surface area (Å²) >= 11 is 5.80. The van der Waals surface area contributed by atoms with Gasteiger partial charge in [-0.15, -0.1) is 0 Å². The molecule has 4 nitrogen and oxygen atoms in total. The van der Waals surface area contributed by atoms with E-state index in [0.717, 1.165) is 0 Å². The monoisotopic (exact) mass is 215 g/mol. The van der Waals surface area contributed by atoms with Gasteiger partial charge >= 0.3 is 5.97 Å². The van der Waals surface area contributed by atoms with E-state index in [-0.39, 0.29) is 0 Å². The minimum Gasteiger partial charge on any atom is -0.495 e. The summed E-state index contributed by atoms with van der Waals surface area (Å²) in [6, 6.07) is 3.69. The van der Waals surface area contributed by atoms with Gasteiger partial charge in [0.05, 0.1) is 12.1 Å². The van der Waals surface area contributed by atoms with E-state index >= 15 is 0 Å². The van der Waals surface area contributed by atoms with Gasteiger partial charge in [0.15, 0.2) is 0 Å². The third-order valence-corrected chi connectivity index (χ3v) is 2.10. The van der Waals surface area contributed by atoms with E-state index in [2.05, 4.69) is 0 Å². The largest absolute Gasteiger partial charge is 0.495 e. The number of methoxy groups -OCH3 is 1. The van der Waals surface area contributed by atoms with Crippen molar-refractivity contribution in [2.45, 2.75) is 6.04 Å². The number of hydrogen-bond donors (Lipinski definition) is 2. The highest BCUT2D eigenvalue weighted by Gasteiger charge is 2.19. The van der Waals surface area contributed by atoms with Crippen LogP contribution in [0.4, 0.5) is 0 Å². The fourth-order valence-corrected chi connectivity index (χ4v) is 1.38. The second-order valence-corrected chi connectivity index (χ2v) is 3.09. The van der Waals surface area contributed by atoms with Gasteiger partial charge in [0, 0.05) is 5.56 Å². The van der Waals surface area contributed by atoms with Crippen LogP contribution in [0.2, 0.25) is 5.02 Å². The Kier molecular flexibility index (Phi) is 3.33. The summed E-state index contributed by atoms with van der Waals surface area (Å²) in [4.78, 5) is 10.7. The molecule has 0 unspecified atom stereocenters. The highest BCUT2D eigenvalue weighted by Crippen LogP contribution is 2.31. The Morgan fingerprint density at radius 1 is 1.64 bits per heavy atom. The van der Waals surface area contributed by atoms with Crippen LogP contribution >= 0.6 is 11.6 Å². The molecule has 0 saturated heterocycles. The third-order valence-electron chi connectivity index (χ3n) is 1.80. The lowest BCUT2D eigenvalue weighted by Crippen LogP contribution is -2.21. The van der Waals surface area contributed by atoms with E-state index in [4.69, 9.17) is 27.2 Å². The number of carboxylic acid groups (broad SMARTS) is 1. The Balaban J connectivity index is 3.20. The molecule has 0 saturated carbocycles. The average molecular weight is 216 g/mol. The lowest BCUT2D eigenvalue weighted by molar-refractivity contribution is -0.138. The Morgan fingerprint density at radius 2 is 2.29 bits per heavy atom. The number of carboxylic acids is 1. The van der Waals surface area contributed by atoms with Gasteiger partial charge in [-0.1, -0.05) is 23.7 Å². The molecule has 1 aromatic carbocycles. The molecule has 0 aliphatic heterocycles. The van der Waals surface area contributed by atoms with Gasteiger partial charge in [0.25, 0.3) is 0 Å². The van der Waals surface area contributed by atoms with Crippen molar-refractivity contribution >= 4 is 17.6 Å². The second kappa shape index (κ2) is 4.30. The molecule has 0 bridgehead atoms. The third kappa shape index (κ3) is 1.97. The topological polar surface area (TPSA) is 72.5 Å². The van der Waals surface area contributed by atoms with Crippen molar-refractivity contribution in [2.75, 3.05) is 7.11 Å². The van der Waals surface area contributed by atoms with Crippen LogP contribution in [0.5, 0.6) is 5.75 Å². The number of hydrogen-bond acceptors (Lipinski definition) is 3. The Morgan fingerprint density at radius 3 is 2.79 bits per heavy atom. The van der Waals surface area contributed by atoms with Crippen molar-refractivity contribution in [1.29, 1.82) is 0 Å². The van der Waals surface area contributed by atoms with E-state index in [9.17, 15) is 4.79 Å². The van der Waals surface area contributed by atoms with E-state index in [1.165, 1.54) is 7.11 Å². The van der Waals surface area contributed by atoms with Crippen molar-refractivity contribution in [1.82, 2.24) is 0 Å². The molecule has 0 amide bonds. The average Bonchev–Trinajstić information content (AvgIpc) is 2.16. The molecule has 1 rings (SSSR count). The molecule has 14 heavy (non-hydrogen) atoms. The smallest absolute Gasteiger partial charge is 0.325 e. The van der Waals surface area contributed by atoms with Crippen LogP contribution in [0.25, 0.3) is 0 Å². The number of benzene rings is 1. The molecule has 1 aromatic rings. The van der Waals surface area contributed by atoms with Crippen molar-refractivity contribution in [3.8, 4) is 5.75 Å². The molecular weight excluding hydrogens is 206 g/mol. The Hall–Kier alpha value is -1.26. The number of carbonyl (C=O) groups is 1. The first-order valence-corrected chi connectivity index (χ1v) is 4.26. The number of nitrogens with two attached hydrogens (primary N) is 1. The summed E-state index contributed by atoms with van der Waals surface area (Å²) in [6.07, 6.45) is 0. The minimum atomic E-state index is -1.12. The predicted octanol–water partition coefficient (Wildman–Crippen LogP) is 1.43. The van der Waals surface area contributed by atoms with Crippen LogP contribution in [0, 0.1) is 0 Å². The van der Waals surface area contributed by atoms with Crippen LogP contribution in [0.15, 0.2) is 18.2 Å². The summed E-state index contributed by atoms with van der Waals surface area (Å²) < 4.78 is 4.97. The van der Waals surface area contributed by atoms with Crippen molar-refractivity contribution < 1.29 is 14.6 Å². The lowest BCUT2D eigenvalue weighted by Gasteiger charge is -2.12. The quantitative estimate of drug-likeness (QED) is 0.800. The van der Waals surface area contributed by atoms with Crippen LogP contribution in [-0.2, 0) is 4.79 Å². The molecule has 3 N–H and O–H groups in total. The molecule has 5 heteroatoms. The molecular formula is C9H10ClNO3. The zero-order valence-electron chi connectivity index (χ0n) is 7.53. The molecule has 0 heterocycles. The molecule has 76 valence electrons. The van der Waals surface area contributed by atoms with Crippen molar-refractivity contribution in [3.63, 3.8) is 0 Å². The Labute approximate surface area is 86.2 Å². The van der Waals surface area contributed by atoms with Crippen LogP contribution < -0.4 is 10.5 Å². The van der Waals surface area contributed by atoms with E-state index in [1.807, 2.05) is 0 Å². The number of ether oxygens (including phenoxy) is 1. The molecule has 0 fully saturated rings. The van der Waals surface area contributed by atoms with Gasteiger partial charge in [-0.2, -0.15) is 0 Å². The Bertz CT molecular complexity index is 354. The fourth-order valence-electron chi connectivity index (χ4n) is 1.12. The van der Waals surface area contributed by atoms with Crippen molar-refractivity contribution in [2.24, 2.45) is 5.73 Å². The summed E-state index contributed by atoms with van der Waals surface area (Å²) in [7, 11) is 1.42. The van der Waals surface area contributed by atoms with Gasteiger partial charge in [0.2, 0.25) is 0 Å². The maximum absolute atomic E-state index is 10.7. The van der Waals surface area contributed by atoms with Crippen LogP contribution in [-0.4, -0.2) is 18.2 Å². The highest BCUT2D eigenvalue weighted by atomic mass is 35.5. The predicted molar refractivity (Wildman–Crippen MR) is 52.6 cm³/mol. The van der Waals surface area contributed by atoms with Gasteiger partial charge in [-0.3, -0.25) is 4.79 Å². The first-order valence-electron chi connectivity index (χ1n) is 3.88. The summed E-state index contributed by atoms with van der Waals surface area (Å²) in [5.74, 6) is -0.811. The van der Waals surface area contributed by atoms with Gasteiger partial charge in [0.1, 0.15) is 11.8 Å². The van der Waals surface area contributed by atoms with E-state index in [1.54, 1.807) is 18.2 Å². The maximum Gasteiger partial charge on any atom is 0.325 e. The zero-order chi connectivity index (χ0) is 10.7. The zero-order valence-corrected chi connectivity index (χ0v) is 8.28. The molecule has 0 radical (unpaired) electrons. The molecule has 0 spiro atoms. The molecule has 0 aliphatic rings. The summed E-state index contributed by atoms with van der Waals surface area (Å²) in [5, 5.41) is 9.07. The van der Waals surface area contributed by atoms with E-state index in [0.29, 0.717) is 16.3 Å². The number of halogens is 1. The lowest BCUT2D eigenvalue weighted by atomic mass is 10.1. The van der Waals surface area contributed by atoms with Crippen LogP contribution in [0.3, 0.4) is 0 Å². The van der Waals surface area contributed by atoms with Gasteiger partial charge < -0.3 is 15.6 Å². The van der Waals surface area contributed by atoms with E-state index < -0.39 is 12.0 Å². The molecule has 1 atom stereocenters. The SMILES string of the molecule is COc1c(Cl)cccc1[C@@H](N)C(=O)O.